The van der Waals surface area contributed by atoms with Crippen LogP contribution in [0.15, 0.2) is 29.3 Å². The Hall–Kier alpha value is -0.990. The van der Waals surface area contributed by atoms with Crippen LogP contribution in [0.25, 0.3) is 0 Å². The molecule has 0 atom stereocenters. The number of hydrogen-bond donors (Lipinski definition) is 2. The Morgan fingerprint density at radius 2 is 1.86 bits per heavy atom. The van der Waals surface area contributed by atoms with Gasteiger partial charge in [0.1, 0.15) is 0 Å². The summed E-state index contributed by atoms with van der Waals surface area (Å²) >= 11 is 0. The molecule has 7 heteroatoms. The molecule has 118 valence electrons. The smallest absolute Gasteiger partial charge is 0.370 e. The predicted octanol–water partition coefficient (Wildman–Crippen LogP) is 3.53. The monoisotopic (exact) mass is 413 g/mol. The zero-order chi connectivity index (χ0) is 14.6. The zero-order valence-corrected chi connectivity index (χ0v) is 13.8. The molecule has 21 heavy (non-hydrogen) atoms. The van der Waals surface area contributed by atoms with Gasteiger partial charge >= 0.3 is 6.18 Å². The van der Waals surface area contributed by atoms with Crippen molar-refractivity contribution < 1.29 is 13.2 Å². The van der Waals surface area contributed by atoms with Crippen LogP contribution in [0.3, 0.4) is 0 Å². The molecule has 0 aliphatic heterocycles. The summed E-state index contributed by atoms with van der Waals surface area (Å²) in [7, 11) is 0. The van der Waals surface area contributed by atoms with Crippen molar-refractivity contribution in [3.63, 3.8) is 0 Å². The third-order valence-electron chi connectivity index (χ3n) is 3.51. The lowest BCUT2D eigenvalue weighted by atomic mass is 9.85. The van der Waals surface area contributed by atoms with Gasteiger partial charge in [0.15, 0.2) is 5.96 Å². The molecule has 0 unspecified atom stereocenters. The molecule has 1 fully saturated rings. The molecule has 0 amide bonds. The largest absolute Gasteiger partial charge is 0.416 e. The molecule has 0 radical (unpaired) electrons. The highest BCUT2D eigenvalue weighted by Gasteiger charge is 2.29. The van der Waals surface area contributed by atoms with Crippen molar-refractivity contribution in [3.05, 3.63) is 35.4 Å². The first-order valence-corrected chi connectivity index (χ1v) is 6.65. The van der Waals surface area contributed by atoms with E-state index in [1.807, 2.05) is 0 Å². The van der Waals surface area contributed by atoms with Crippen molar-refractivity contribution in [1.82, 2.24) is 5.32 Å². The molecule has 0 bridgehead atoms. The summed E-state index contributed by atoms with van der Waals surface area (Å²) in [6.45, 7) is 1.10. The van der Waals surface area contributed by atoms with Gasteiger partial charge in [0.05, 0.1) is 12.1 Å². The highest BCUT2D eigenvalue weighted by Crippen LogP contribution is 2.29. The van der Waals surface area contributed by atoms with E-state index in [0.29, 0.717) is 17.4 Å². The topological polar surface area (TPSA) is 50.4 Å². The van der Waals surface area contributed by atoms with Gasteiger partial charge < -0.3 is 11.1 Å². The van der Waals surface area contributed by atoms with Crippen LogP contribution < -0.4 is 11.1 Å². The first kappa shape index (κ1) is 18.1. The van der Waals surface area contributed by atoms with Gasteiger partial charge in [0, 0.05) is 6.54 Å². The second-order valence-electron chi connectivity index (χ2n) is 5.07. The minimum absolute atomic E-state index is 0. The van der Waals surface area contributed by atoms with Crippen LogP contribution in [0.2, 0.25) is 0 Å². The summed E-state index contributed by atoms with van der Waals surface area (Å²) in [4.78, 5) is 4.12. The molecule has 1 aliphatic carbocycles. The maximum Gasteiger partial charge on any atom is 0.416 e. The molecule has 1 aliphatic rings. The maximum absolute atomic E-state index is 12.4. The van der Waals surface area contributed by atoms with Crippen molar-refractivity contribution in [1.29, 1.82) is 0 Å². The Morgan fingerprint density at radius 3 is 2.33 bits per heavy atom. The van der Waals surface area contributed by atoms with E-state index >= 15 is 0 Å². The first-order chi connectivity index (χ1) is 9.45. The molecule has 0 heterocycles. The number of hydrogen-bond acceptors (Lipinski definition) is 1. The number of nitrogens with two attached hydrogens (primary N) is 1. The minimum atomic E-state index is -4.30. The van der Waals surface area contributed by atoms with Gasteiger partial charge in [-0.15, -0.1) is 24.0 Å². The number of aliphatic imine (C=N–C) groups is 1. The zero-order valence-electron chi connectivity index (χ0n) is 11.5. The Balaban J connectivity index is 0.00000220. The van der Waals surface area contributed by atoms with Crippen molar-refractivity contribution in [3.8, 4) is 0 Å². The standard InChI is InChI=1S/C14H18F3N3.HI/c15-14(16,17)12-6-4-11(5-7-12)9-20-13(18)19-8-10-2-1-3-10;/h4-7,10H,1-3,8-9H2,(H3,18,19,20);1H. The summed E-state index contributed by atoms with van der Waals surface area (Å²) in [6, 6.07) is 4.96. The van der Waals surface area contributed by atoms with Gasteiger partial charge in [-0.1, -0.05) is 18.6 Å². The minimum Gasteiger partial charge on any atom is -0.370 e. The summed E-state index contributed by atoms with van der Waals surface area (Å²) < 4.78 is 37.2. The third kappa shape index (κ3) is 5.72. The van der Waals surface area contributed by atoms with E-state index in [1.54, 1.807) is 0 Å². The van der Waals surface area contributed by atoms with Crippen molar-refractivity contribution in [2.75, 3.05) is 6.54 Å². The average Bonchev–Trinajstić information content (AvgIpc) is 2.34. The SMILES string of the molecule is I.NC(=NCc1ccc(C(F)(F)F)cc1)NCC1CCC1. The Morgan fingerprint density at radius 1 is 1.24 bits per heavy atom. The van der Waals surface area contributed by atoms with E-state index in [1.165, 1.54) is 31.4 Å². The number of alkyl halides is 3. The first-order valence-electron chi connectivity index (χ1n) is 6.65. The van der Waals surface area contributed by atoms with E-state index in [2.05, 4.69) is 10.3 Å². The quantitative estimate of drug-likeness (QED) is 0.451. The second-order valence-corrected chi connectivity index (χ2v) is 5.07. The van der Waals surface area contributed by atoms with Crippen molar-refractivity contribution in [2.45, 2.75) is 32.0 Å². The lowest BCUT2D eigenvalue weighted by molar-refractivity contribution is -0.137. The second kappa shape index (κ2) is 7.86. The van der Waals surface area contributed by atoms with Crippen LogP contribution in [0, 0.1) is 5.92 Å². The fourth-order valence-corrected chi connectivity index (χ4v) is 1.98. The van der Waals surface area contributed by atoms with E-state index in [9.17, 15) is 13.2 Å². The molecule has 0 spiro atoms. The number of benzene rings is 1. The molecule has 1 aromatic carbocycles. The van der Waals surface area contributed by atoms with Crippen LogP contribution in [0.5, 0.6) is 0 Å². The highest BCUT2D eigenvalue weighted by atomic mass is 127. The predicted molar refractivity (Wildman–Crippen MR) is 87.5 cm³/mol. The summed E-state index contributed by atoms with van der Waals surface area (Å²) in [5, 5.41) is 3.04. The number of guanidine groups is 1. The van der Waals surface area contributed by atoms with Crippen molar-refractivity contribution in [2.24, 2.45) is 16.6 Å². The number of nitrogens with zero attached hydrogens (tertiary/aromatic N) is 1. The van der Waals surface area contributed by atoms with E-state index in [0.717, 1.165) is 18.7 Å². The molecule has 3 nitrogen and oxygen atoms in total. The number of halogens is 4. The molecule has 3 N–H and O–H groups in total. The van der Waals surface area contributed by atoms with Gasteiger partial charge in [-0.05, 0) is 36.5 Å². The van der Waals surface area contributed by atoms with Crippen molar-refractivity contribution >= 4 is 29.9 Å². The highest BCUT2D eigenvalue weighted by molar-refractivity contribution is 14.0. The molecule has 1 saturated carbocycles. The molecule has 1 aromatic rings. The van der Waals surface area contributed by atoms with Gasteiger partial charge in [-0.25, -0.2) is 4.99 Å². The third-order valence-corrected chi connectivity index (χ3v) is 3.51. The van der Waals surface area contributed by atoms with Gasteiger partial charge in [-0.2, -0.15) is 13.2 Å². The number of nitrogens with one attached hydrogen (secondary N) is 1. The Kier molecular flexibility index (Phi) is 6.76. The van der Waals surface area contributed by atoms with E-state index < -0.39 is 11.7 Å². The maximum atomic E-state index is 12.4. The average molecular weight is 413 g/mol. The normalized spacial score (nSPS) is 16.0. The molecular weight excluding hydrogens is 394 g/mol. The summed E-state index contributed by atoms with van der Waals surface area (Å²) in [5.74, 6) is 1.02. The molecule has 0 aromatic heterocycles. The number of rotatable bonds is 4. The Bertz CT molecular complexity index is 467. The lowest BCUT2D eigenvalue weighted by Crippen LogP contribution is -2.37. The fourth-order valence-electron chi connectivity index (χ4n) is 1.98. The molecular formula is C14H19F3IN3. The van der Waals surface area contributed by atoms with Crippen LogP contribution in [-0.2, 0) is 12.7 Å². The van der Waals surface area contributed by atoms with Crippen LogP contribution in [-0.4, -0.2) is 12.5 Å². The Labute approximate surface area is 139 Å². The van der Waals surface area contributed by atoms with Gasteiger partial charge in [0.2, 0.25) is 0 Å². The van der Waals surface area contributed by atoms with Crippen LogP contribution in [0.4, 0.5) is 13.2 Å². The molecule has 0 saturated heterocycles. The van der Waals surface area contributed by atoms with Gasteiger partial charge in [-0.3, -0.25) is 0 Å². The van der Waals surface area contributed by atoms with E-state index in [-0.39, 0.29) is 30.5 Å². The summed E-state index contributed by atoms with van der Waals surface area (Å²) in [6.07, 6.45) is -0.585. The van der Waals surface area contributed by atoms with Gasteiger partial charge in [0.25, 0.3) is 0 Å². The van der Waals surface area contributed by atoms with Crippen LogP contribution >= 0.6 is 24.0 Å². The lowest BCUT2D eigenvalue weighted by Gasteiger charge is -2.25. The van der Waals surface area contributed by atoms with E-state index in [4.69, 9.17) is 5.73 Å². The fraction of sp³-hybridized carbons (Fsp3) is 0.500. The molecule has 2 rings (SSSR count). The van der Waals surface area contributed by atoms with Crippen LogP contribution in [0.1, 0.15) is 30.4 Å². The summed E-state index contributed by atoms with van der Waals surface area (Å²) in [5.41, 5.74) is 5.76.